The summed E-state index contributed by atoms with van der Waals surface area (Å²) >= 11 is 0. The maximum Gasteiger partial charge on any atom is 1.00 e. The molecule has 0 aliphatic carbocycles. The van der Waals surface area contributed by atoms with E-state index in [2.05, 4.69) is 0 Å². The topological polar surface area (TPSA) is 135 Å². The van der Waals surface area contributed by atoms with Crippen molar-refractivity contribution >= 4 is 11.9 Å². The van der Waals surface area contributed by atoms with Crippen molar-refractivity contribution in [3.8, 4) is 0 Å². The normalized spacial score (nSPS) is 7.54. The molecule has 66 valence electrons. The molecule has 0 aliphatic rings. The molecule has 9 heteroatoms. The summed E-state index contributed by atoms with van der Waals surface area (Å²) in [4.78, 5) is 19.3. The third kappa shape index (κ3) is 19.3. The van der Waals surface area contributed by atoms with Gasteiger partial charge in [-0.3, -0.25) is 0 Å². The van der Waals surface area contributed by atoms with Crippen LogP contribution in [0.4, 0.5) is 0 Å². The van der Waals surface area contributed by atoms with Crippen molar-refractivity contribution in [2.45, 2.75) is 0 Å². The van der Waals surface area contributed by atoms with E-state index in [0.717, 1.165) is 0 Å². The standard InChI is InChI=1S/C4H7NO5.2Na.H2O/c6-3(7)1-5(10)2-4(8)9;;;/h10H,1-2H2,(H,6,7)(H,8,9);;;1H2/q;2*+1;/p-2. The predicted molar refractivity (Wildman–Crippen MR) is 27.0 cm³/mol. The zero-order valence-corrected chi connectivity index (χ0v) is 11.4. The zero-order chi connectivity index (χ0) is 8.15. The molecule has 0 rings (SSSR count). The Morgan fingerprint density at radius 1 is 1.08 bits per heavy atom. The van der Waals surface area contributed by atoms with Gasteiger partial charge < -0.3 is 30.5 Å². The Kier molecular flexibility index (Phi) is 23.2. The Morgan fingerprint density at radius 3 is 1.46 bits per heavy atom. The van der Waals surface area contributed by atoms with Crippen LogP contribution in [0.2, 0.25) is 0 Å². The van der Waals surface area contributed by atoms with Crippen LogP contribution in [0.15, 0.2) is 0 Å². The summed E-state index contributed by atoms with van der Waals surface area (Å²) in [5.74, 6) is -3.10. The summed E-state index contributed by atoms with van der Waals surface area (Å²) in [6.07, 6.45) is 0. The second-order valence-electron chi connectivity index (χ2n) is 1.57. The number of hydrogen-bond donors (Lipinski definition) is 1. The molecule has 0 atom stereocenters. The monoisotopic (exact) mass is 211 g/mol. The van der Waals surface area contributed by atoms with Crippen LogP contribution in [0.25, 0.3) is 0 Å². The minimum Gasteiger partial charge on any atom is -0.549 e. The maximum absolute atomic E-state index is 9.67. The average molecular weight is 211 g/mol. The third-order valence-corrected chi connectivity index (χ3v) is 0.623. The van der Waals surface area contributed by atoms with Crippen LogP contribution in [-0.4, -0.2) is 40.8 Å². The van der Waals surface area contributed by atoms with E-state index in [1.54, 1.807) is 0 Å². The summed E-state index contributed by atoms with van der Waals surface area (Å²) in [7, 11) is 0. The molecule has 0 spiro atoms. The molecular weight excluding hydrogens is 204 g/mol. The number of rotatable bonds is 4. The molecule has 0 aliphatic heterocycles. The SMILES string of the molecule is O.O=C([O-])CN(O)CC(=O)[O-].[Na+].[Na+]. The number of hydroxylamine groups is 2. The van der Waals surface area contributed by atoms with E-state index in [1.807, 2.05) is 0 Å². The second-order valence-corrected chi connectivity index (χ2v) is 1.57. The summed E-state index contributed by atoms with van der Waals surface area (Å²) in [6.45, 7) is -1.68. The van der Waals surface area contributed by atoms with Crippen LogP contribution in [0.5, 0.6) is 0 Å². The fraction of sp³-hybridized carbons (Fsp3) is 0.500. The first kappa shape index (κ1) is 23.6. The van der Waals surface area contributed by atoms with Crippen LogP contribution in [0, 0.1) is 0 Å². The van der Waals surface area contributed by atoms with Gasteiger partial charge in [0.25, 0.3) is 0 Å². The van der Waals surface area contributed by atoms with Crippen LogP contribution in [0.1, 0.15) is 0 Å². The van der Waals surface area contributed by atoms with Crippen molar-refractivity contribution in [1.82, 2.24) is 5.06 Å². The molecule has 0 amide bonds. The van der Waals surface area contributed by atoms with E-state index < -0.39 is 25.0 Å². The van der Waals surface area contributed by atoms with Gasteiger partial charge in [0, 0.05) is 0 Å². The largest absolute Gasteiger partial charge is 1.00 e. The van der Waals surface area contributed by atoms with E-state index in [4.69, 9.17) is 5.21 Å². The molecule has 0 heterocycles. The van der Waals surface area contributed by atoms with Gasteiger partial charge in [-0.25, -0.2) is 0 Å². The Morgan fingerprint density at radius 2 is 1.31 bits per heavy atom. The van der Waals surface area contributed by atoms with E-state index >= 15 is 0 Å². The fourth-order valence-electron chi connectivity index (χ4n) is 0.354. The Bertz CT molecular complexity index is 138. The molecule has 0 bridgehead atoms. The molecular formula is C4H7NNa2O6. The molecule has 0 saturated heterocycles. The van der Waals surface area contributed by atoms with Crippen molar-refractivity contribution in [2.24, 2.45) is 0 Å². The van der Waals surface area contributed by atoms with Gasteiger partial charge in [0.05, 0.1) is 25.0 Å². The Labute approximate surface area is 119 Å². The van der Waals surface area contributed by atoms with Gasteiger partial charge in [0.1, 0.15) is 0 Å². The van der Waals surface area contributed by atoms with Gasteiger partial charge in [0.2, 0.25) is 0 Å². The van der Waals surface area contributed by atoms with Crippen LogP contribution >= 0.6 is 0 Å². The van der Waals surface area contributed by atoms with E-state index in [0.29, 0.717) is 0 Å². The number of carbonyl (C=O) groups is 2. The van der Waals surface area contributed by atoms with Crippen molar-refractivity contribution in [3.05, 3.63) is 0 Å². The molecule has 0 unspecified atom stereocenters. The second kappa shape index (κ2) is 12.8. The number of carboxylic acid groups (broad SMARTS) is 2. The van der Waals surface area contributed by atoms with E-state index in [1.165, 1.54) is 0 Å². The first-order valence-electron chi connectivity index (χ1n) is 2.36. The smallest absolute Gasteiger partial charge is 0.549 e. The number of carboxylic acids is 2. The summed E-state index contributed by atoms with van der Waals surface area (Å²) in [5.41, 5.74) is 0. The Balaban J connectivity index is -0.000000135. The third-order valence-electron chi connectivity index (χ3n) is 0.623. The van der Waals surface area contributed by atoms with Crippen molar-refractivity contribution < 1.29 is 89.6 Å². The molecule has 0 saturated carbocycles. The number of carbonyl (C=O) groups excluding carboxylic acids is 2. The van der Waals surface area contributed by atoms with Crippen molar-refractivity contribution in [1.29, 1.82) is 0 Å². The molecule has 13 heavy (non-hydrogen) atoms. The zero-order valence-electron chi connectivity index (χ0n) is 7.44. The molecule has 0 aromatic carbocycles. The molecule has 0 aromatic rings. The van der Waals surface area contributed by atoms with Crippen molar-refractivity contribution in [3.63, 3.8) is 0 Å². The summed E-state index contributed by atoms with van der Waals surface area (Å²) in [6, 6.07) is 0. The number of nitrogens with zero attached hydrogens (tertiary/aromatic N) is 1. The molecule has 3 N–H and O–H groups in total. The maximum atomic E-state index is 9.67. The van der Waals surface area contributed by atoms with Crippen LogP contribution < -0.4 is 69.3 Å². The minimum absolute atomic E-state index is 0. The summed E-state index contributed by atoms with van der Waals surface area (Å²) in [5, 5.41) is 27.8. The minimum atomic E-state index is -1.55. The molecule has 0 radical (unpaired) electrons. The fourth-order valence-corrected chi connectivity index (χ4v) is 0.354. The average Bonchev–Trinajstić information content (AvgIpc) is 1.58. The first-order valence-corrected chi connectivity index (χ1v) is 2.36. The Hall–Kier alpha value is 0.820. The first-order chi connectivity index (χ1) is 4.52. The van der Waals surface area contributed by atoms with E-state index in [-0.39, 0.29) is 69.7 Å². The van der Waals surface area contributed by atoms with Crippen LogP contribution in [-0.2, 0) is 9.59 Å². The number of aliphatic carboxylic acids is 2. The van der Waals surface area contributed by atoms with Gasteiger partial charge in [-0.15, -0.1) is 0 Å². The van der Waals surface area contributed by atoms with Gasteiger partial charge in [-0.05, 0) is 0 Å². The summed E-state index contributed by atoms with van der Waals surface area (Å²) < 4.78 is 0. The molecule has 0 fully saturated rings. The van der Waals surface area contributed by atoms with Crippen molar-refractivity contribution in [2.75, 3.05) is 13.1 Å². The van der Waals surface area contributed by atoms with E-state index in [9.17, 15) is 19.8 Å². The van der Waals surface area contributed by atoms with Gasteiger partial charge >= 0.3 is 59.1 Å². The molecule has 7 nitrogen and oxygen atoms in total. The predicted octanol–water partition coefficient (Wildman–Crippen LogP) is -10.6. The quantitative estimate of drug-likeness (QED) is 0.362. The van der Waals surface area contributed by atoms with Gasteiger partial charge in [-0.1, -0.05) is 0 Å². The van der Waals surface area contributed by atoms with Gasteiger partial charge in [-0.2, -0.15) is 5.06 Å². The number of hydrogen-bond acceptors (Lipinski definition) is 6. The van der Waals surface area contributed by atoms with Crippen LogP contribution in [0.3, 0.4) is 0 Å². The van der Waals surface area contributed by atoms with Gasteiger partial charge in [0.15, 0.2) is 0 Å². The molecule has 0 aromatic heterocycles.